The van der Waals surface area contributed by atoms with Gasteiger partial charge in [0, 0.05) is 11.8 Å². The molecule has 2 atom stereocenters. The molecule has 0 aromatic heterocycles. The van der Waals surface area contributed by atoms with Gasteiger partial charge in [-0.15, -0.1) is 0 Å². The molecule has 1 aliphatic rings. The fourth-order valence-corrected chi connectivity index (χ4v) is 9.05. The predicted molar refractivity (Wildman–Crippen MR) is 230 cm³/mol. The molecule has 2 unspecified atom stereocenters. The van der Waals surface area contributed by atoms with Crippen LogP contribution >= 0.6 is 0 Å². The SMILES string of the molecule is NC(NC(/N=C/c1c2ccccc2cc2ccc3ccccc3c12)c1cccc2c1-c1ccccc1C2(c1ccccc1)c1ccccc1)c1ccccc1. The summed E-state index contributed by atoms with van der Waals surface area (Å²) in [6, 6.07) is 71.7. The lowest BCUT2D eigenvalue weighted by molar-refractivity contribution is 0.467. The zero-order chi connectivity index (χ0) is 36.8. The molecule has 1 aliphatic carbocycles. The average molecular weight is 706 g/mol. The standard InChI is InChI=1S/C52H39N3/c53-50(36-18-4-1-5-19-36)55-51(54-34-45-41-25-12-11-20-37(41)33-38-32-31-35-17-10-13-26-42(35)48(38)45)44-28-16-30-47-49(44)43-27-14-15-29-46(43)52(47,39-21-6-2-7-22-39)40-23-8-3-9-24-40/h1-34,50-51,55H,53H2/b54-34+. The minimum atomic E-state index is -0.523. The van der Waals surface area contributed by atoms with Crippen molar-refractivity contribution >= 4 is 38.5 Å². The molecule has 9 aromatic carbocycles. The number of fused-ring (bicyclic) bond motifs is 7. The fourth-order valence-electron chi connectivity index (χ4n) is 9.05. The molecule has 9 aromatic rings. The summed E-state index contributed by atoms with van der Waals surface area (Å²) in [5.74, 6) is 0. The Kier molecular flexibility index (Phi) is 8.18. The summed E-state index contributed by atoms with van der Waals surface area (Å²) in [4.78, 5) is 5.56. The highest BCUT2D eigenvalue weighted by Gasteiger charge is 2.47. The lowest BCUT2D eigenvalue weighted by atomic mass is 9.67. The van der Waals surface area contributed by atoms with Crippen LogP contribution < -0.4 is 11.1 Å². The Morgan fingerprint density at radius 3 is 1.84 bits per heavy atom. The van der Waals surface area contributed by atoms with Crippen LogP contribution in [0.25, 0.3) is 43.4 Å². The minimum Gasteiger partial charge on any atom is -0.312 e. The molecule has 0 radical (unpaired) electrons. The molecule has 3 heteroatoms. The summed E-state index contributed by atoms with van der Waals surface area (Å²) in [5.41, 5.74) is 17.1. The van der Waals surface area contributed by atoms with Gasteiger partial charge in [-0.3, -0.25) is 10.3 Å². The summed E-state index contributed by atoms with van der Waals surface area (Å²) in [6.07, 6.45) is 1.15. The van der Waals surface area contributed by atoms with Crippen molar-refractivity contribution in [1.82, 2.24) is 5.32 Å². The Labute approximate surface area is 321 Å². The van der Waals surface area contributed by atoms with Gasteiger partial charge in [0.1, 0.15) is 6.17 Å². The summed E-state index contributed by atoms with van der Waals surface area (Å²) < 4.78 is 0. The van der Waals surface area contributed by atoms with Gasteiger partial charge in [-0.25, -0.2) is 0 Å². The van der Waals surface area contributed by atoms with E-state index in [-0.39, 0.29) is 0 Å². The molecule has 0 bridgehead atoms. The zero-order valence-corrected chi connectivity index (χ0v) is 30.3. The maximum Gasteiger partial charge on any atom is 0.127 e. The largest absolute Gasteiger partial charge is 0.312 e. The maximum atomic E-state index is 7.05. The third kappa shape index (κ3) is 5.40. The van der Waals surface area contributed by atoms with Crippen LogP contribution in [-0.4, -0.2) is 6.21 Å². The van der Waals surface area contributed by atoms with Gasteiger partial charge in [-0.05, 0) is 82.9 Å². The van der Waals surface area contributed by atoms with E-state index in [2.05, 4.69) is 194 Å². The summed E-state index contributed by atoms with van der Waals surface area (Å²) >= 11 is 0. The molecule has 262 valence electrons. The van der Waals surface area contributed by atoms with Gasteiger partial charge >= 0.3 is 0 Å². The van der Waals surface area contributed by atoms with Crippen molar-refractivity contribution in [3.63, 3.8) is 0 Å². The van der Waals surface area contributed by atoms with E-state index in [0.717, 1.165) is 22.1 Å². The molecule has 0 spiro atoms. The average Bonchev–Trinajstić information content (AvgIpc) is 3.57. The molecule has 55 heavy (non-hydrogen) atoms. The van der Waals surface area contributed by atoms with Crippen molar-refractivity contribution in [2.75, 3.05) is 0 Å². The van der Waals surface area contributed by atoms with Crippen molar-refractivity contribution in [3.8, 4) is 11.1 Å². The van der Waals surface area contributed by atoms with Crippen molar-refractivity contribution < 1.29 is 0 Å². The van der Waals surface area contributed by atoms with Crippen LogP contribution in [0.4, 0.5) is 0 Å². The Morgan fingerprint density at radius 2 is 1.09 bits per heavy atom. The van der Waals surface area contributed by atoms with E-state index in [1.165, 1.54) is 60.3 Å². The highest BCUT2D eigenvalue weighted by Crippen LogP contribution is 2.57. The second-order valence-corrected chi connectivity index (χ2v) is 14.4. The van der Waals surface area contributed by atoms with E-state index in [1.807, 2.05) is 18.2 Å². The van der Waals surface area contributed by atoms with E-state index >= 15 is 0 Å². The van der Waals surface area contributed by atoms with Crippen LogP contribution in [-0.2, 0) is 5.41 Å². The molecule has 0 amide bonds. The van der Waals surface area contributed by atoms with Crippen molar-refractivity contribution in [1.29, 1.82) is 0 Å². The number of nitrogens with zero attached hydrogens (tertiary/aromatic N) is 1. The third-order valence-corrected chi connectivity index (χ3v) is 11.5. The summed E-state index contributed by atoms with van der Waals surface area (Å²) in [6.45, 7) is 0. The van der Waals surface area contributed by atoms with Gasteiger partial charge in [-0.1, -0.05) is 194 Å². The number of nitrogens with two attached hydrogens (primary N) is 1. The number of hydrogen-bond donors (Lipinski definition) is 2. The highest BCUT2D eigenvalue weighted by atomic mass is 15.1. The van der Waals surface area contributed by atoms with E-state index in [0.29, 0.717) is 0 Å². The highest BCUT2D eigenvalue weighted by molar-refractivity contribution is 6.21. The van der Waals surface area contributed by atoms with Crippen LogP contribution in [0.5, 0.6) is 0 Å². The Balaban J connectivity index is 1.24. The van der Waals surface area contributed by atoms with Gasteiger partial charge in [-0.2, -0.15) is 0 Å². The fraction of sp³-hybridized carbons (Fsp3) is 0.0577. The number of benzene rings is 9. The lowest BCUT2D eigenvalue weighted by Crippen LogP contribution is -2.32. The first kappa shape index (κ1) is 33.0. The monoisotopic (exact) mass is 705 g/mol. The normalized spacial score (nSPS) is 14.3. The zero-order valence-electron chi connectivity index (χ0n) is 30.3. The first-order valence-corrected chi connectivity index (χ1v) is 19.0. The second kappa shape index (κ2) is 13.6. The smallest absolute Gasteiger partial charge is 0.127 e. The molecule has 10 rings (SSSR count). The first-order valence-electron chi connectivity index (χ1n) is 19.0. The lowest BCUT2D eigenvalue weighted by Gasteiger charge is -2.34. The maximum absolute atomic E-state index is 7.05. The van der Waals surface area contributed by atoms with Gasteiger partial charge in [0.25, 0.3) is 0 Å². The van der Waals surface area contributed by atoms with Crippen LogP contribution in [0.15, 0.2) is 205 Å². The first-order chi connectivity index (χ1) is 27.2. The molecular formula is C52H39N3. The van der Waals surface area contributed by atoms with E-state index in [9.17, 15) is 0 Å². The Bertz CT molecular complexity index is 2820. The molecule has 0 saturated carbocycles. The van der Waals surface area contributed by atoms with Crippen molar-refractivity contribution in [2.24, 2.45) is 10.7 Å². The van der Waals surface area contributed by atoms with Gasteiger partial charge in [0.05, 0.1) is 11.6 Å². The van der Waals surface area contributed by atoms with E-state index in [1.54, 1.807) is 0 Å². The Hall–Kier alpha value is -6.65. The van der Waals surface area contributed by atoms with Gasteiger partial charge in [0.2, 0.25) is 0 Å². The van der Waals surface area contributed by atoms with Crippen LogP contribution in [0.1, 0.15) is 51.3 Å². The topological polar surface area (TPSA) is 50.4 Å². The molecule has 0 saturated heterocycles. The minimum absolute atomic E-state index is 0.464. The predicted octanol–water partition coefficient (Wildman–Crippen LogP) is 11.9. The summed E-state index contributed by atoms with van der Waals surface area (Å²) in [5, 5.41) is 10.9. The van der Waals surface area contributed by atoms with E-state index in [4.69, 9.17) is 10.7 Å². The molecule has 0 heterocycles. The number of aliphatic imine (C=N–C) groups is 1. The molecule has 3 N–H and O–H groups in total. The van der Waals surface area contributed by atoms with Gasteiger partial charge < -0.3 is 5.73 Å². The molecule has 3 nitrogen and oxygen atoms in total. The quantitative estimate of drug-likeness (QED) is 0.0716. The van der Waals surface area contributed by atoms with E-state index < -0.39 is 17.7 Å². The van der Waals surface area contributed by atoms with Gasteiger partial charge in [0.15, 0.2) is 0 Å². The number of hydrogen-bond acceptors (Lipinski definition) is 3. The number of rotatable bonds is 8. The number of nitrogens with one attached hydrogen (secondary N) is 1. The molecule has 0 aliphatic heterocycles. The van der Waals surface area contributed by atoms with Crippen LogP contribution in [0, 0.1) is 0 Å². The van der Waals surface area contributed by atoms with Crippen molar-refractivity contribution in [3.05, 3.63) is 239 Å². The Morgan fingerprint density at radius 1 is 0.509 bits per heavy atom. The molecule has 0 fully saturated rings. The summed E-state index contributed by atoms with van der Waals surface area (Å²) in [7, 11) is 0. The third-order valence-electron chi connectivity index (χ3n) is 11.5. The van der Waals surface area contributed by atoms with Crippen LogP contribution in [0.3, 0.4) is 0 Å². The molecular weight excluding hydrogens is 667 g/mol. The van der Waals surface area contributed by atoms with Crippen molar-refractivity contribution in [2.45, 2.75) is 17.7 Å². The van der Waals surface area contributed by atoms with Crippen LogP contribution in [0.2, 0.25) is 0 Å². The second-order valence-electron chi connectivity index (χ2n) is 14.4.